The molecule has 0 bridgehead atoms. The fourth-order valence-electron chi connectivity index (χ4n) is 3.32. The Morgan fingerprint density at radius 2 is 2.15 bits per heavy atom. The van der Waals surface area contributed by atoms with Crippen LogP contribution in [0.15, 0.2) is 24.7 Å². The third-order valence-electron chi connectivity index (χ3n) is 4.92. The van der Waals surface area contributed by atoms with E-state index in [4.69, 9.17) is 4.98 Å². The summed E-state index contributed by atoms with van der Waals surface area (Å²) in [5.74, 6) is 1.42. The molecule has 1 atom stereocenters. The minimum Gasteiger partial charge on any atom is -0.368 e. The monoisotopic (exact) mass is 373 g/mol. The molecule has 3 aromatic rings. The van der Waals surface area contributed by atoms with Gasteiger partial charge in [0.2, 0.25) is 0 Å². The standard InChI is InChI=1S/C18H23N7.ClH/c1-12-14(11-23-25(12)2)15-8-16-17(21-7-6-20-16)18(24-15)22-10-13-4-3-5-19-9-13;/h6-8,11,13,19H,3-5,9-10H2,1-2H3,(H,22,24);1H/t13-;/m0./s1. The Kier molecular flexibility index (Phi) is 5.68. The Morgan fingerprint density at radius 1 is 1.31 bits per heavy atom. The maximum Gasteiger partial charge on any atom is 0.154 e. The van der Waals surface area contributed by atoms with Crippen LogP contribution in [0.4, 0.5) is 5.82 Å². The summed E-state index contributed by atoms with van der Waals surface area (Å²) in [5.41, 5.74) is 4.65. The molecule has 0 amide bonds. The highest BCUT2D eigenvalue weighted by atomic mass is 35.5. The molecule has 0 saturated carbocycles. The second kappa shape index (κ2) is 7.97. The van der Waals surface area contributed by atoms with Gasteiger partial charge in [0.25, 0.3) is 0 Å². The van der Waals surface area contributed by atoms with Gasteiger partial charge in [-0.15, -0.1) is 12.4 Å². The van der Waals surface area contributed by atoms with Gasteiger partial charge in [-0.2, -0.15) is 5.10 Å². The molecule has 0 aromatic carbocycles. The van der Waals surface area contributed by atoms with E-state index in [2.05, 4.69) is 25.7 Å². The van der Waals surface area contributed by atoms with Crippen molar-refractivity contribution in [1.82, 2.24) is 30.0 Å². The summed E-state index contributed by atoms with van der Waals surface area (Å²) in [6, 6.07) is 1.99. The zero-order valence-electron chi connectivity index (χ0n) is 15.1. The molecule has 1 aliphatic heterocycles. The number of rotatable bonds is 4. The van der Waals surface area contributed by atoms with E-state index in [1.165, 1.54) is 12.8 Å². The molecule has 1 aliphatic rings. The van der Waals surface area contributed by atoms with E-state index in [-0.39, 0.29) is 12.4 Å². The Morgan fingerprint density at radius 3 is 2.88 bits per heavy atom. The SMILES string of the molecule is Cc1c(-c2cc3nccnc3c(NC[C@H]3CCCNC3)n2)cnn1C.Cl. The lowest BCUT2D eigenvalue weighted by Crippen LogP contribution is -2.33. The van der Waals surface area contributed by atoms with Crippen molar-refractivity contribution in [3.05, 3.63) is 30.4 Å². The van der Waals surface area contributed by atoms with Gasteiger partial charge >= 0.3 is 0 Å². The minimum atomic E-state index is 0. The van der Waals surface area contributed by atoms with Gasteiger partial charge in [-0.05, 0) is 44.8 Å². The quantitative estimate of drug-likeness (QED) is 0.731. The zero-order chi connectivity index (χ0) is 17.2. The molecule has 0 aliphatic carbocycles. The predicted octanol–water partition coefficient (Wildman–Crippen LogP) is 2.57. The van der Waals surface area contributed by atoms with Gasteiger partial charge in [-0.25, -0.2) is 9.97 Å². The summed E-state index contributed by atoms with van der Waals surface area (Å²) in [6.07, 6.45) is 7.76. The van der Waals surface area contributed by atoms with Crippen molar-refractivity contribution in [2.45, 2.75) is 19.8 Å². The Bertz CT molecular complexity index is 886. The summed E-state index contributed by atoms with van der Waals surface area (Å²) >= 11 is 0. The van der Waals surface area contributed by atoms with Crippen LogP contribution in [0.3, 0.4) is 0 Å². The number of anilines is 1. The van der Waals surface area contributed by atoms with Crippen LogP contribution >= 0.6 is 12.4 Å². The van der Waals surface area contributed by atoms with E-state index < -0.39 is 0 Å². The topological polar surface area (TPSA) is 80.6 Å². The van der Waals surface area contributed by atoms with Crippen molar-refractivity contribution >= 4 is 29.3 Å². The summed E-state index contributed by atoms with van der Waals surface area (Å²) < 4.78 is 1.86. The molecule has 0 radical (unpaired) electrons. The molecule has 4 heterocycles. The predicted molar refractivity (Wildman–Crippen MR) is 106 cm³/mol. The van der Waals surface area contributed by atoms with Crippen LogP contribution in [0.1, 0.15) is 18.5 Å². The highest BCUT2D eigenvalue weighted by molar-refractivity contribution is 5.88. The number of nitrogens with zero attached hydrogens (tertiary/aromatic N) is 5. The molecule has 2 N–H and O–H groups in total. The average molecular weight is 374 g/mol. The molecule has 4 rings (SSSR count). The van der Waals surface area contributed by atoms with E-state index in [9.17, 15) is 0 Å². The van der Waals surface area contributed by atoms with E-state index in [0.29, 0.717) is 5.92 Å². The van der Waals surface area contributed by atoms with E-state index >= 15 is 0 Å². The van der Waals surface area contributed by atoms with E-state index in [1.54, 1.807) is 12.4 Å². The lowest BCUT2D eigenvalue weighted by molar-refractivity contribution is 0.392. The Labute approximate surface area is 159 Å². The van der Waals surface area contributed by atoms with Crippen molar-refractivity contribution < 1.29 is 0 Å². The van der Waals surface area contributed by atoms with Gasteiger partial charge in [0, 0.05) is 37.2 Å². The number of aromatic nitrogens is 5. The van der Waals surface area contributed by atoms with Crippen LogP contribution in [0.5, 0.6) is 0 Å². The number of hydrogen-bond acceptors (Lipinski definition) is 6. The van der Waals surface area contributed by atoms with Crippen molar-refractivity contribution in [2.75, 3.05) is 25.0 Å². The number of fused-ring (bicyclic) bond motifs is 1. The normalized spacial score (nSPS) is 17.1. The van der Waals surface area contributed by atoms with Gasteiger partial charge in [-0.3, -0.25) is 9.67 Å². The van der Waals surface area contributed by atoms with Gasteiger partial charge in [0.05, 0.1) is 17.4 Å². The lowest BCUT2D eigenvalue weighted by atomic mass is 10.00. The zero-order valence-corrected chi connectivity index (χ0v) is 15.9. The van der Waals surface area contributed by atoms with Crippen LogP contribution in [-0.2, 0) is 7.05 Å². The van der Waals surface area contributed by atoms with Crippen molar-refractivity contribution in [3.8, 4) is 11.3 Å². The number of pyridine rings is 1. The molecule has 8 heteroatoms. The van der Waals surface area contributed by atoms with Crippen LogP contribution in [-0.4, -0.2) is 44.4 Å². The number of piperidine rings is 1. The third kappa shape index (κ3) is 3.64. The van der Waals surface area contributed by atoms with Gasteiger partial charge in [0.15, 0.2) is 5.82 Å². The number of hydrogen-bond donors (Lipinski definition) is 2. The molecule has 138 valence electrons. The second-order valence-corrected chi connectivity index (χ2v) is 6.64. The van der Waals surface area contributed by atoms with Crippen LogP contribution in [0.25, 0.3) is 22.3 Å². The van der Waals surface area contributed by atoms with Crippen molar-refractivity contribution in [1.29, 1.82) is 0 Å². The van der Waals surface area contributed by atoms with Gasteiger partial charge < -0.3 is 10.6 Å². The first kappa shape index (κ1) is 18.5. The van der Waals surface area contributed by atoms with E-state index in [0.717, 1.165) is 53.4 Å². The molecular formula is C18H24ClN7. The molecular weight excluding hydrogens is 350 g/mol. The first-order valence-electron chi connectivity index (χ1n) is 8.77. The van der Waals surface area contributed by atoms with Gasteiger partial charge in [0.1, 0.15) is 5.52 Å². The second-order valence-electron chi connectivity index (χ2n) is 6.64. The van der Waals surface area contributed by atoms with E-state index in [1.807, 2.05) is 30.9 Å². The molecule has 3 aromatic heterocycles. The smallest absolute Gasteiger partial charge is 0.154 e. The summed E-state index contributed by atoms with van der Waals surface area (Å²) in [5, 5.41) is 11.3. The van der Waals surface area contributed by atoms with Crippen LogP contribution in [0.2, 0.25) is 0 Å². The molecule has 0 unspecified atom stereocenters. The van der Waals surface area contributed by atoms with Crippen LogP contribution < -0.4 is 10.6 Å². The summed E-state index contributed by atoms with van der Waals surface area (Å²) in [4.78, 5) is 13.8. The Balaban J connectivity index is 0.00000196. The Hall–Kier alpha value is -2.25. The van der Waals surface area contributed by atoms with Crippen molar-refractivity contribution in [3.63, 3.8) is 0 Å². The largest absolute Gasteiger partial charge is 0.368 e. The summed E-state index contributed by atoms with van der Waals surface area (Å²) in [6.45, 7) is 5.11. The number of aryl methyl sites for hydroxylation is 1. The fraction of sp³-hybridized carbons (Fsp3) is 0.444. The molecule has 1 saturated heterocycles. The highest BCUT2D eigenvalue weighted by Crippen LogP contribution is 2.27. The van der Waals surface area contributed by atoms with Crippen LogP contribution in [0, 0.1) is 12.8 Å². The highest BCUT2D eigenvalue weighted by Gasteiger charge is 2.16. The van der Waals surface area contributed by atoms with Gasteiger partial charge in [-0.1, -0.05) is 0 Å². The third-order valence-corrected chi connectivity index (χ3v) is 4.92. The lowest BCUT2D eigenvalue weighted by Gasteiger charge is -2.23. The first-order chi connectivity index (χ1) is 12.2. The molecule has 1 fully saturated rings. The summed E-state index contributed by atoms with van der Waals surface area (Å²) in [7, 11) is 1.94. The first-order valence-corrected chi connectivity index (χ1v) is 8.77. The average Bonchev–Trinajstić information content (AvgIpc) is 2.99. The maximum absolute atomic E-state index is 4.84. The molecule has 0 spiro atoms. The molecule has 26 heavy (non-hydrogen) atoms. The number of nitrogens with one attached hydrogen (secondary N) is 2. The maximum atomic E-state index is 4.84. The van der Waals surface area contributed by atoms with Crippen molar-refractivity contribution in [2.24, 2.45) is 13.0 Å². The molecule has 7 nitrogen and oxygen atoms in total. The fourth-order valence-corrected chi connectivity index (χ4v) is 3.32. The number of halogens is 1. The minimum absolute atomic E-state index is 0.